The van der Waals surface area contributed by atoms with Crippen molar-refractivity contribution in [1.82, 2.24) is 10.2 Å². The van der Waals surface area contributed by atoms with E-state index in [9.17, 15) is 14.4 Å². The molecule has 0 aromatic heterocycles. The van der Waals surface area contributed by atoms with E-state index in [2.05, 4.69) is 5.32 Å². The lowest BCUT2D eigenvalue weighted by Gasteiger charge is -2.23. The first-order valence-corrected chi connectivity index (χ1v) is 8.65. The van der Waals surface area contributed by atoms with Gasteiger partial charge in [0.1, 0.15) is 5.75 Å². The van der Waals surface area contributed by atoms with E-state index in [1.54, 1.807) is 24.3 Å². The van der Waals surface area contributed by atoms with Crippen LogP contribution in [0.4, 0.5) is 4.79 Å². The van der Waals surface area contributed by atoms with Gasteiger partial charge in [-0.2, -0.15) is 0 Å². The van der Waals surface area contributed by atoms with E-state index in [0.717, 1.165) is 10.5 Å². The smallest absolute Gasteiger partial charge is 0.417 e. The van der Waals surface area contributed by atoms with E-state index in [-0.39, 0.29) is 19.1 Å². The van der Waals surface area contributed by atoms with Crippen LogP contribution in [-0.4, -0.2) is 42.6 Å². The van der Waals surface area contributed by atoms with Gasteiger partial charge in [0.15, 0.2) is 6.61 Å². The molecule has 1 unspecified atom stereocenters. The molecule has 2 aromatic rings. The van der Waals surface area contributed by atoms with Crippen molar-refractivity contribution in [3.05, 3.63) is 65.7 Å². The minimum Gasteiger partial charge on any atom is -0.493 e. The summed E-state index contributed by atoms with van der Waals surface area (Å²) >= 11 is 0. The molecule has 1 fully saturated rings. The second-order valence-corrected chi connectivity index (χ2v) is 5.92. The van der Waals surface area contributed by atoms with Gasteiger partial charge in [-0.1, -0.05) is 42.5 Å². The Morgan fingerprint density at radius 1 is 1.15 bits per heavy atom. The molecule has 0 saturated carbocycles. The first kappa shape index (κ1) is 18.4. The largest absolute Gasteiger partial charge is 0.493 e. The van der Waals surface area contributed by atoms with Crippen LogP contribution >= 0.6 is 0 Å². The molecule has 2 aromatic carbocycles. The highest BCUT2D eigenvalue weighted by molar-refractivity contribution is 5.99. The molecule has 27 heavy (non-hydrogen) atoms. The molecule has 1 aliphatic heterocycles. The fourth-order valence-corrected chi connectivity index (χ4v) is 2.83. The van der Waals surface area contributed by atoms with Crippen LogP contribution in [0.5, 0.6) is 5.75 Å². The minimum absolute atomic E-state index is 0.00970. The normalized spacial score (nSPS) is 14.6. The van der Waals surface area contributed by atoms with Crippen LogP contribution in [0.15, 0.2) is 54.6 Å². The summed E-state index contributed by atoms with van der Waals surface area (Å²) in [6.07, 6.45) is -0.704. The summed E-state index contributed by atoms with van der Waals surface area (Å²) in [5, 5.41) is 2.90. The number of rotatable bonds is 7. The number of para-hydroxylation sites is 1. The van der Waals surface area contributed by atoms with Gasteiger partial charge in [-0.3, -0.25) is 9.59 Å². The van der Waals surface area contributed by atoms with Crippen molar-refractivity contribution in [3.8, 4) is 5.75 Å². The maximum Gasteiger partial charge on any atom is 0.417 e. The Bertz CT molecular complexity index is 821. The molecule has 7 heteroatoms. The first-order chi connectivity index (χ1) is 13.1. The maximum atomic E-state index is 12.9. The molecule has 0 aliphatic carbocycles. The average Bonchev–Trinajstić information content (AvgIpc) is 3.00. The number of nitrogens with one attached hydrogen (secondary N) is 1. The van der Waals surface area contributed by atoms with Crippen LogP contribution in [0, 0.1) is 0 Å². The topological polar surface area (TPSA) is 84.9 Å². The van der Waals surface area contributed by atoms with Gasteiger partial charge in [-0.15, -0.1) is 0 Å². The molecular weight excluding hydrogens is 348 g/mol. The Balaban J connectivity index is 1.84. The number of ether oxygens (including phenoxy) is 2. The summed E-state index contributed by atoms with van der Waals surface area (Å²) in [6.45, 7) is 1.98. The standard InChI is InChI=1S/C20H20N2O5/c1-2-26-17-11-7-6-10-15(17)19(24)21-16(14-8-4-3-5-9-14)12-22-18(23)13-27-20(22)25/h3-11,16H,2,12-13H2,1H3,(H,21,24). The van der Waals surface area contributed by atoms with E-state index in [4.69, 9.17) is 9.47 Å². The predicted octanol–water partition coefficient (Wildman–Crippen LogP) is 2.54. The van der Waals surface area contributed by atoms with Crippen molar-refractivity contribution in [3.63, 3.8) is 0 Å². The predicted molar refractivity (Wildman–Crippen MR) is 97.3 cm³/mol. The quantitative estimate of drug-likeness (QED) is 0.812. The molecule has 3 amide bonds. The van der Waals surface area contributed by atoms with Gasteiger partial charge in [-0.25, -0.2) is 9.69 Å². The van der Waals surface area contributed by atoms with Crippen molar-refractivity contribution in [2.75, 3.05) is 19.8 Å². The summed E-state index contributed by atoms with van der Waals surface area (Å²) in [4.78, 5) is 37.5. The van der Waals surface area contributed by atoms with E-state index in [1.165, 1.54) is 0 Å². The zero-order valence-electron chi connectivity index (χ0n) is 14.9. The van der Waals surface area contributed by atoms with Crippen LogP contribution in [0.3, 0.4) is 0 Å². The first-order valence-electron chi connectivity index (χ1n) is 8.65. The number of cyclic esters (lactones) is 1. The summed E-state index contributed by atoms with van der Waals surface area (Å²) in [5.74, 6) is -0.307. The molecule has 140 valence electrons. The summed E-state index contributed by atoms with van der Waals surface area (Å²) in [6, 6.07) is 15.5. The molecule has 1 saturated heterocycles. The third-order valence-corrected chi connectivity index (χ3v) is 4.14. The van der Waals surface area contributed by atoms with Gasteiger partial charge in [0, 0.05) is 0 Å². The Kier molecular flexibility index (Phi) is 5.71. The van der Waals surface area contributed by atoms with Gasteiger partial charge in [0.25, 0.3) is 11.8 Å². The number of carbonyl (C=O) groups excluding carboxylic acids is 3. The Morgan fingerprint density at radius 2 is 1.85 bits per heavy atom. The van der Waals surface area contributed by atoms with Gasteiger partial charge in [0.05, 0.1) is 24.8 Å². The van der Waals surface area contributed by atoms with Gasteiger partial charge in [0.2, 0.25) is 0 Å². The van der Waals surface area contributed by atoms with Crippen molar-refractivity contribution in [1.29, 1.82) is 0 Å². The third kappa shape index (κ3) is 4.25. The summed E-state index contributed by atoms with van der Waals surface area (Å²) < 4.78 is 10.3. The Labute approximate surface area is 156 Å². The lowest BCUT2D eigenvalue weighted by atomic mass is 10.1. The number of benzene rings is 2. The van der Waals surface area contributed by atoms with Gasteiger partial charge >= 0.3 is 6.09 Å². The Hall–Kier alpha value is -3.35. The molecule has 0 radical (unpaired) electrons. The van der Waals surface area contributed by atoms with Crippen molar-refractivity contribution in [2.24, 2.45) is 0 Å². The second kappa shape index (κ2) is 8.35. The fourth-order valence-electron chi connectivity index (χ4n) is 2.83. The molecule has 1 aliphatic rings. The van der Waals surface area contributed by atoms with Crippen LogP contribution in [0.25, 0.3) is 0 Å². The number of hydrogen-bond donors (Lipinski definition) is 1. The highest BCUT2D eigenvalue weighted by atomic mass is 16.6. The van der Waals surface area contributed by atoms with E-state index < -0.39 is 18.0 Å². The minimum atomic E-state index is -0.704. The van der Waals surface area contributed by atoms with E-state index in [1.807, 2.05) is 37.3 Å². The van der Waals surface area contributed by atoms with Crippen molar-refractivity contribution >= 4 is 17.9 Å². The molecule has 1 atom stereocenters. The molecule has 3 rings (SSSR count). The zero-order chi connectivity index (χ0) is 19.2. The number of hydrogen-bond acceptors (Lipinski definition) is 5. The zero-order valence-corrected chi connectivity index (χ0v) is 14.9. The van der Waals surface area contributed by atoms with Gasteiger partial charge in [-0.05, 0) is 24.6 Å². The van der Waals surface area contributed by atoms with E-state index >= 15 is 0 Å². The highest BCUT2D eigenvalue weighted by Gasteiger charge is 2.34. The van der Waals surface area contributed by atoms with Crippen molar-refractivity contribution < 1.29 is 23.9 Å². The molecule has 7 nitrogen and oxygen atoms in total. The Morgan fingerprint density at radius 3 is 2.52 bits per heavy atom. The molecule has 0 bridgehead atoms. The monoisotopic (exact) mass is 368 g/mol. The fraction of sp³-hybridized carbons (Fsp3) is 0.250. The lowest BCUT2D eigenvalue weighted by molar-refractivity contribution is -0.126. The molecule has 1 heterocycles. The number of carbonyl (C=O) groups is 3. The third-order valence-electron chi connectivity index (χ3n) is 4.14. The maximum absolute atomic E-state index is 12.9. The van der Waals surface area contributed by atoms with Crippen LogP contribution in [0.2, 0.25) is 0 Å². The van der Waals surface area contributed by atoms with Gasteiger partial charge < -0.3 is 14.8 Å². The second-order valence-electron chi connectivity index (χ2n) is 5.92. The number of nitrogens with zero attached hydrogens (tertiary/aromatic N) is 1. The van der Waals surface area contributed by atoms with Crippen LogP contribution in [-0.2, 0) is 9.53 Å². The molecular formula is C20H20N2O5. The summed E-state index contributed by atoms with van der Waals surface area (Å²) in [5.41, 5.74) is 1.16. The lowest BCUT2D eigenvalue weighted by Crippen LogP contribution is -2.40. The van der Waals surface area contributed by atoms with Crippen LogP contribution < -0.4 is 10.1 Å². The van der Waals surface area contributed by atoms with Crippen LogP contribution in [0.1, 0.15) is 28.9 Å². The molecule has 0 spiro atoms. The number of imide groups is 1. The average molecular weight is 368 g/mol. The number of amides is 3. The summed E-state index contributed by atoms with van der Waals surface area (Å²) in [7, 11) is 0. The van der Waals surface area contributed by atoms with E-state index in [0.29, 0.717) is 17.9 Å². The highest BCUT2D eigenvalue weighted by Crippen LogP contribution is 2.21. The SMILES string of the molecule is CCOc1ccccc1C(=O)NC(CN1C(=O)COC1=O)c1ccccc1. The molecule has 1 N–H and O–H groups in total. The van der Waals surface area contributed by atoms with Crippen molar-refractivity contribution in [2.45, 2.75) is 13.0 Å².